The van der Waals surface area contributed by atoms with Crippen LogP contribution in [0.1, 0.15) is 35.6 Å². The minimum atomic E-state index is -0.276. The molecule has 5 N–H and O–H groups in total. The highest BCUT2D eigenvalue weighted by Crippen LogP contribution is 2.39. The van der Waals surface area contributed by atoms with E-state index < -0.39 is 0 Å². The van der Waals surface area contributed by atoms with Crippen LogP contribution in [0, 0.1) is 12.7 Å². The average Bonchev–Trinajstić information content (AvgIpc) is 3.34. The van der Waals surface area contributed by atoms with Gasteiger partial charge in [0, 0.05) is 29.8 Å². The van der Waals surface area contributed by atoms with E-state index in [1.165, 1.54) is 18.9 Å². The Hall–Kier alpha value is -3.23. The van der Waals surface area contributed by atoms with Crippen LogP contribution in [0.5, 0.6) is 0 Å². The molecule has 2 heterocycles. The SMILES string of the molecule is Cc1ccc(CNc2nc(N)nc(Nc3cc(C4CC4)[nH]n3)n2)c(F)c1. The van der Waals surface area contributed by atoms with E-state index in [-0.39, 0.29) is 30.2 Å². The summed E-state index contributed by atoms with van der Waals surface area (Å²) in [5, 5.41) is 13.2. The number of nitrogens with two attached hydrogens (primary N) is 1. The molecule has 0 amide bonds. The standard InChI is InChI=1S/C17H19FN8/c1-9-2-3-11(12(18)6-9)8-20-16-22-15(19)23-17(24-16)21-14-7-13(25-26-14)10-4-5-10/h2-3,6-7,10H,4-5,8H2,1H3,(H5,19,20,21,22,23,24,25,26). The second-order valence-electron chi connectivity index (χ2n) is 6.40. The molecule has 1 aromatic carbocycles. The molecular formula is C17H19FN8. The van der Waals surface area contributed by atoms with Crippen molar-refractivity contribution in [3.63, 3.8) is 0 Å². The number of aryl methyl sites for hydroxylation is 1. The molecule has 1 fully saturated rings. The molecule has 2 aromatic heterocycles. The van der Waals surface area contributed by atoms with E-state index in [2.05, 4.69) is 35.8 Å². The van der Waals surface area contributed by atoms with Gasteiger partial charge in [0.1, 0.15) is 5.82 Å². The summed E-state index contributed by atoms with van der Waals surface area (Å²) in [5.41, 5.74) is 8.24. The van der Waals surface area contributed by atoms with Crippen molar-refractivity contribution in [3.8, 4) is 0 Å². The van der Waals surface area contributed by atoms with Crippen molar-refractivity contribution in [2.45, 2.75) is 32.2 Å². The fourth-order valence-electron chi connectivity index (χ4n) is 2.62. The van der Waals surface area contributed by atoms with Gasteiger partial charge in [0.05, 0.1) is 0 Å². The van der Waals surface area contributed by atoms with Crippen LogP contribution in [0.2, 0.25) is 0 Å². The van der Waals surface area contributed by atoms with Crippen LogP contribution in [0.3, 0.4) is 0 Å². The molecular weight excluding hydrogens is 335 g/mol. The summed E-state index contributed by atoms with van der Waals surface area (Å²) in [6.45, 7) is 2.08. The predicted molar refractivity (Wildman–Crippen MR) is 96.5 cm³/mol. The van der Waals surface area contributed by atoms with Gasteiger partial charge in [-0.15, -0.1) is 0 Å². The molecule has 0 bridgehead atoms. The summed E-state index contributed by atoms with van der Waals surface area (Å²) >= 11 is 0. The molecule has 26 heavy (non-hydrogen) atoms. The second-order valence-corrected chi connectivity index (χ2v) is 6.40. The molecule has 8 nitrogen and oxygen atoms in total. The summed E-state index contributed by atoms with van der Waals surface area (Å²) in [5.74, 6) is 1.52. The van der Waals surface area contributed by atoms with E-state index in [0.29, 0.717) is 17.3 Å². The first-order chi connectivity index (χ1) is 12.6. The number of benzene rings is 1. The quantitative estimate of drug-likeness (QED) is 0.537. The Bertz CT molecular complexity index is 934. The smallest absolute Gasteiger partial charge is 0.235 e. The Kier molecular flexibility index (Phi) is 4.11. The third kappa shape index (κ3) is 3.71. The molecule has 1 aliphatic carbocycles. The zero-order valence-electron chi connectivity index (χ0n) is 14.3. The Balaban J connectivity index is 1.46. The summed E-state index contributed by atoms with van der Waals surface area (Å²) in [4.78, 5) is 12.4. The lowest BCUT2D eigenvalue weighted by atomic mass is 10.1. The number of aromatic nitrogens is 5. The number of nitrogens with zero attached hydrogens (tertiary/aromatic N) is 4. The molecule has 9 heteroatoms. The third-order valence-electron chi connectivity index (χ3n) is 4.15. The van der Waals surface area contributed by atoms with Crippen molar-refractivity contribution in [1.29, 1.82) is 0 Å². The number of H-pyrrole nitrogens is 1. The first-order valence-electron chi connectivity index (χ1n) is 8.39. The van der Waals surface area contributed by atoms with Gasteiger partial charge in [-0.2, -0.15) is 20.1 Å². The summed E-state index contributed by atoms with van der Waals surface area (Å²) < 4.78 is 13.9. The molecule has 0 unspecified atom stereocenters. The first-order valence-corrected chi connectivity index (χ1v) is 8.39. The van der Waals surface area contributed by atoms with Crippen LogP contribution in [0.15, 0.2) is 24.3 Å². The molecule has 3 aromatic rings. The van der Waals surface area contributed by atoms with E-state index in [0.717, 1.165) is 11.3 Å². The Labute approximate surface area is 149 Å². The maximum absolute atomic E-state index is 13.9. The number of aromatic amines is 1. The fourth-order valence-corrected chi connectivity index (χ4v) is 2.62. The van der Waals surface area contributed by atoms with Gasteiger partial charge >= 0.3 is 0 Å². The van der Waals surface area contributed by atoms with Crippen LogP contribution in [0.4, 0.5) is 28.1 Å². The number of hydrogen-bond acceptors (Lipinski definition) is 7. The summed E-state index contributed by atoms with van der Waals surface area (Å²) in [6.07, 6.45) is 2.37. The molecule has 0 radical (unpaired) electrons. The van der Waals surface area contributed by atoms with Crippen LogP contribution >= 0.6 is 0 Å². The summed E-state index contributed by atoms with van der Waals surface area (Å²) in [6, 6.07) is 7.00. The minimum Gasteiger partial charge on any atom is -0.368 e. The van der Waals surface area contributed by atoms with Crippen LogP contribution in [-0.4, -0.2) is 25.1 Å². The number of nitrogen functional groups attached to an aromatic ring is 1. The maximum Gasteiger partial charge on any atom is 0.235 e. The minimum absolute atomic E-state index is 0.0623. The zero-order chi connectivity index (χ0) is 18.1. The number of hydrogen-bond donors (Lipinski definition) is 4. The molecule has 134 valence electrons. The van der Waals surface area contributed by atoms with Gasteiger partial charge in [-0.1, -0.05) is 12.1 Å². The van der Waals surface area contributed by atoms with Crippen molar-refractivity contribution < 1.29 is 4.39 Å². The molecule has 1 saturated carbocycles. The topological polar surface area (TPSA) is 117 Å². The molecule has 0 spiro atoms. The normalized spacial score (nSPS) is 13.6. The van der Waals surface area contributed by atoms with Gasteiger partial charge < -0.3 is 16.4 Å². The van der Waals surface area contributed by atoms with Crippen LogP contribution in [-0.2, 0) is 6.54 Å². The molecule has 0 aliphatic heterocycles. The van der Waals surface area contributed by atoms with Crippen molar-refractivity contribution >= 4 is 23.7 Å². The molecule has 1 aliphatic rings. The van der Waals surface area contributed by atoms with Crippen molar-refractivity contribution in [2.24, 2.45) is 0 Å². The highest BCUT2D eigenvalue weighted by molar-refractivity contribution is 5.51. The largest absolute Gasteiger partial charge is 0.368 e. The van der Waals surface area contributed by atoms with E-state index in [9.17, 15) is 4.39 Å². The van der Waals surface area contributed by atoms with Crippen LogP contribution < -0.4 is 16.4 Å². The van der Waals surface area contributed by atoms with Crippen molar-refractivity contribution in [1.82, 2.24) is 25.1 Å². The highest BCUT2D eigenvalue weighted by Gasteiger charge is 2.25. The Morgan fingerprint density at radius 1 is 1.19 bits per heavy atom. The van der Waals surface area contributed by atoms with Gasteiger partial charge in [-0.25, -0.2) is 4.39 Å². The zero-order valence-corrected chi connectivity index (χ0v) is 14.3. The van der Waals surface area contributed by atoms with Gasteiger partial charge in [-0.05, 0) is 31.4 Å². The van der Waals surface area contributed by atoms with Gasteiger partial charge in [0.2, 0.25) is 17.8 Å². The number of nitrogens with one attached hydrogen (secondary N) is 3. The van der Waals surface area contributed by atoms with Gasteiger partial charge in [0.15, 0.2) is 5.82 Å². The summed E-state index contributed by atoms with van der Waals surface area (Å²) in [7, 11) is 0. The Morgan fingerprint density at radius 3 is 2.77 bits per heavy atom. The van der Waals surface area contributed by atoms with Crippen LogP contribution in [0.25, 0.3) is 0 Å². The maximum atomic E-state index is 13.9. The molecule has 0 atom stereocenters. The van der Waals surface area contributed by atoms with E-state index in [1.54, 1.807) is 6.07 Å². The van der Waals surface area contributed by atoms with Crippen molar-refractivity contribution in [2.75, 3.05) is 16.4 Å². The fraction of sp³-hybridized carbons (Fsp3) is 0.294. The van der Waals surface area contributed by atoms with E-state index in [1.807, 2.05) is 19.1 Å². The van der Waals surface area contributed by atoms with Crippen molar-refractivity contribution in [3.05, 3.63) is 46.9 Å². The molecule has 0 saturated heterocycles. The second kappa shape index (κ2) is 6.58. The lowest BCUT2D eigenvalue weighted by Crippen LogP contribution is -2.10. The first kappa shape index (κ1) is 16.2. The lowest BCUT2D eigenvalue weighted by molar-refractivity contribution is 0.611. The highest BCUT2D eigenvalue weighted by atomic mass is 19.1. The lowest BCUT2D eigenvalue weighted by Gasteiger charge is -2.08. The van der Waals surface area contributed by atoms with Gasteiger partial charge in [0.25, 0.3) is 0 Å². The Morgan fingerprint density at radius 2 is 2.00 bits per heavy atom. The van der Waals surface area contributed by atoms with E-state index >= 15 is 0 Å². The molecule has 4 rings (SSSR count). The predicted octanol–water partition coefficient (Wildman–Crippen LogP) is 2.86. The van der Waals surface area contributed by atoms with E-state index in [4.69, 9.17) is 5.73 Å². The third-order valence-corrected chi connectivity index (χ3v) is 4.15. The number of rotatable bonds is 6. The average molecular weight is 354 g/mol. The van der Waals surface area contributed by atoms with Gasteiger partial charge in [-0.3, -0.25) is 5.10 Å². The number of halogens is 1. The monoisotopic (exact) mass is 354 g/mol. The number of anilines is 4.